The molecule has 5 nitrogen and oxygen atoms in total. The first-order valence-corrected chi connectivity index (χ1v) is 10.5. The summed E-state index contributed by atoms with van der Waals surface area (Å²) in [6.07, 6.45) is 0. The first-order valence-electron chi connectivity index (χ1n) is 10.5. The molecule has 4 aromatic carbocycles. The van der Waals surface area contributed by atoms with Crippen molar-refractivity contribution in [3.63, 3.8) is 0 Å². The maximum absolute atomic E-state index is 12.4. The van der Waals surface area contributed by atoms with Gasteiger partial charge >= 0.3 is 0 Å². The molecule has 0 fully saturated rings. The van der Waals surface area contributed by atoms with Crippen LogP contribution in [0, 0.1) is 13.8 Å². The summed E-state index contributed by atoms with van der Waals surface area (Å²) in [5.74, 6) is 0.994. The maximum Gasteiger partial charge on any atom is 0.262 e. The molecule has 5 rings (SSSR count). The largest absolute Gasteiger partial charge is 0.484 e. The molecule has 32 heavy (non-hydrogen) atoms. The van der Waals surface area contributed by atoms with Gasteiger partial charge in [0, 0.05) is 11.3 Å². The predicted octanol–water partition coefficient (Wildman–Crippen LogP) is 6.28. The number of ether oxygens (including phenoxy) is 1. The highest BCUT2D eigenvalue weighted by Crippen LogP contribution is 2.31. The minimum absolute atomic E-state index is 0.0688. The predicted molar refractivity (Wildman–Crippen MR) is 127 cm³/mol. The van der Waals surface area contributed by atoms with E-state index in [1.165, 1.54) is 5.56 Å². The molecule has 0 saturated heterocycles. The minimum atomic E-state index is -0.236. The van der Waals surface area contributed by atoms with Crippen molar-refractivity contribution in [1.82, 2.24) is 4.98 Å². The van der Waals surface area contributed by atoms with Crippen LogP contribution in [0.1, 0.15) is 11.1 Å². The molecule has 0 bridgehead atoms. The summed E-state index contributed by atoms with van der Waals surface area (Å²) in [4.78, 5) is 17.0. The Morgan fingerprint density at radius 1 is 0.938 bits per heavy atom. The Morgan fingerprint density at radius 3 is 2.66 bits per heavy atom. The van der Waals surface area contributed by atoms with E-state index in [0.29, 0.717) is 28.4 Å². The number of carbonyl (C=O) groups is 1. The highest BCUT2D eigenvalue weighted by Gasteiger charge is 2.12. The van der Waals surface area contributed by atoms with Gasteiger partial charge < -0.3 is 14.5 Å². The van der Waals surface area contributed by atoms with Crippen molar-refractivity contribution < 1.29 is 13.9 Å². The van der Waals surface area contributed by atoms with Crippen molar-refractivity contribution in [2.45, 2.75) is 13.8 Å². The van der Waals surface area contributed by atoms with Crippen molar-refractivity contribution in [3.8, 4) is 17.2 Å². The van der Waals surface area contributed by atoms with E-state index in [1.807, 2.05) is 62.4 Å². The lowest BCUT2D eigenvalue weighted by atomic mass is 10.0. The number of hydrogen-bond acceptors (Lipinski definition) is 4. The number of rotatable bonds is 5. The lowest BCUT2D eigenvalue weighted by molar-refractivity contribution is -0.118. The summed E-state index contributed by atoms with van der Waals surface area (Å²) in [6, 6.07) is 25.4. The molecular formula is C27H22N2O3. The van der Waals surface area contributed by atoms with E-state index < -0.39 is 0 Å². The molecule has 0 aliphatic heterocycles. The van der Waals surface area contributed by atoms with Gasteiger partial charge in [-0.3, -0.25) is 4.79 Å². The van der Waals surface area contributed by atoms with Crippen LogP contribution in [0.2, 0.25) is 0 Å². The van der Waals surface area contributed by atoms with Gasteiger partial charge in [-0.15, -0.1) is 0 Å². The van der Waals surface area contributed by atoms with E-state index in [0.717, 1.165) is 21.9 Å². The van der Waals surface area contributed by atoms with Gasteiger partial charge in [0.1, 0.15) is 11.3 Å². The quantitative estimate of drug-likeness (QED) is 0.362. The van der Waals surface area contributed by atoms with Crippen LogP contribution in [0.3, 0.4) is 0 Å². The van der Waals surface area contributed by atoms with Gasteiger partial charge in [-0.2, -0.15) is 0 Å². The normalized spacial score (nSPS) is 11.1. The molecule has 1 heterocycles. The van der Waals surface area contributed by atoms with Gasteiger partial charge in [-0.05, 0) is 72.1 Å². The number of carbonyl (C=O) groups excluding carboxylic acids is 1. The van der Waals surface area contributed by atoms with Crippen molar-refractivity contribution in [3.05, 3.63) is 90.0 Å². The number of hydrogen-bond donors (Lipinski definition) is 1. The van der Waals surface area contributed by atoms with Crippen LogP contribution in [0.5, 0.6) is 5.75 Å². The molecule has 5 heteroatoms. The Morgan fingerprint density at radius 2 is 1.78 bits per heavy atom. The number of benzene rings is 4. The molecule has 0 saturated carbocycles. The van der Waals surface area contributed by atoms with Gasteiger partial charge in [0.25, 0.3) is 5.91 Å². The molecule has 1 aromatic heterocycles. The second kappa shape index (κ2) is 8.19. The Hall–Kier alpha value is -4.12. The van der Waals surface area contributed by atoms with E-state index >= 15 is 0 Å². The minimum Gasteiger partial charge on any atom is -0.484 e. The number of nitrogens with one attached hydrogen (secondary N) is 1. The summed E-state index contributed by atoms with van der Waals surface area (Å²) in [5, 5.41) is 5.07. The fourth-order valence-electron chi connectivity index (χ4n) is 3.68. The van der Waals surface area contributed by atoms with Crippen LogP contribution < -0.4 is 10.1 Å². The standard InChI is InChI=1S/C27H22N2O3/c1-17-10-12-21(14-18(17)2)31-16-26(30)28-20-11-13-25-24(15-20)29-27(32-25)23-9-5-7-19-6-3-4-8-22(19)23/h3-15H,16H2,1-2H3,(H,28,30). The van der Waals surface area contributed by atoms with Gasteiger partial charge in [0.2, 0.25) is 5.89 Å². The van der Waals surface area contributed by atoms with Gasteiger partial charge in [-0.25, -0.2) is 4.98 Å². The fraction of sp³-hybridized carbons (Fsp3) is 0.111. The number of oxazole rings is 1. The Labute approximate surface area is 185 Å². The maximum atomic E-state index is 12.4. The monoisotopic (exact) mass is 422 g/mol. The lowest BCUT2D eigenvalue weighted by Gasteiger charge is -2.09. The van der Waals surface area contributed by atoms with Crippen LogP contribution in [0.4, 0.5) is 5.69 Å². The van der Waals surface area contributed by atoms with Crippen LogP contribution in [-0.4, -0.2) is 17.5 Å². The summed E-state index contributed by atoms with van der Waals surface area (Å²) in [6.45, 7) is 3.99. The molecular weight excluding hydrogens is 400 g/mol. The van der Waals surface area contributed by atoms with E-state index in [2.05, 4.69) is 28.5 Å². The van der Waals surface area contributed by atoms with Crippen molar-refractivity contribution in [2.24, 2.45) is 0 Å². The topological polar surface area (TPSA) is 64.4 Å². The molecule has 1 N–H and O–H groups in total. The lowest BCUT2D eigenvalue weighted by Crippen LogP contribution is -2.20. The van der Waals surface area contributed by atoms with E-state index in [9.17, 15) is 4.79 Å². The number of aromatic nitrogens is 1. The number of amides is 1. The zero-order valence-corrected chi connectivity index (χ0v) is 17.9. The smallest absolute Gasteiger partial charge is 0.262 e. The first kappa shape index (κ1) is 19.8. The van der Waals surface area contributed by atoms with Gasteiger partial charge in [0.05, 0.1) is 0 Å². The Balaban J connectivity index is 1.33. The van der Waals surface area contributed by atoms with Crippen molar-refractivity contribution >= 4 is 33.5 Å². The SMILES string of the molecule is Cc1ccc(OCC(=O)Nc2ccc3oc(-c4cccc5ccccc45)nc3c2)cc1C. The van der Waals surface area contributed by atoms with E-state index in [-0.39, 0.29) is 12.5 Å². The third kappa shape index (κ3) is 3.93. The van der Waals surface area contributed by atoms with Crippen LogP contribution in [0.25, 0.3) is 33.3 Å². The summed E-state index contributed by atoms with van der Waals surface area (Å²) < 4.78 is 11.6. The summed E-state index contributed by atoms with van der Waals surface area (Å²) >= 11 is 0. The molecule has 5 aromatic rings. The molecule has 0 atom stereocenters. The van der Waals surface area contributed by atoms with Gasteiger partial charge in [0.15, 0.2) is 12.2 Å². The highest BCUT2D eigenvalue weighted by atomic mass is 16.5. The molecule has 0 radical (unpaired) electrons. The third-order valence-electron chi connectivity index (χ3n) is 5.54. The second-order valence-electron chi connectivity index (χ2n) is 7.81. The van der Waals surface area contributed by atoms with E-state index in [4.69, 9.17) is 9.15 Å². The third-order valence-corrected chi connectivity index (χ3v) is 5.54. The molecule has 0 aliphatic rings. The van der Waals surface area contributed by atoms with Crippen LogP contribution in [0.15, 0.2) is 83.3 Å². The van der Waals surface area contributed by atoms with E-state index in [1.54, 1.807) is 12.1 Å². The second-order valence-corrected chi connectivity index (χ2v) is 7.81. The molecule has 0 spiro atoms. The number of fused-ring (bicyclic) bond motifs is 2. The van der Waals surface area contributed by atoms with Gasteiger partial charge in [-0.1, -0.05) is 42.5 Å². The summed E-state index contributed by atoms with van der Waals surface area (Å²) in [7, 11) is 0. The van der Waals surface area contributed by atoms with Crippen molar-refractivity contribution in [1.29, 1.82) is 0 Å². The zero-order chi connectivity index (χ0) is 22.1. The Bertz CT molecular complexity index is 1450. The highest BCUT2D eigenvalue weighted by molar-refractivity contribution is 5.97. The average molecular weight is 422 g/mol. The molecule has 158 valence electrons. The first-order chi connectivity index (χ1) is 15.6. The molecule has 0 unspecified atom stereocenters. The zero-order valence-electron chi connectivity index (χ0n) is 17.9. The number of anilines is 1. The Kier molecular flexibility index (Phi) is 5.07. The number of aryl methyl sites for hydroxylation is 2. The van der Waals surface area contributed by atoms with Crippen molar-refractivity contribution in [2.75, 3.05) is 11.9 Å². The fourth-order valence-corrected chi connectivity index (χ4v) is 3.68. The van der Waals surface area contributed by atoms with Crippen LogP contribution in [-0.2, 0) is 4.79 Å². The number of nitrogens with zero attached hydrogens (tertiary/aromatic N) is 1. The van der Waals surface area contributed by atoms with Crippen LogP contribution >= 0.6 is 0 Å². The molecule has 0 aliphatic carbocycles. The summed E-state index contributed by atoms with van der Waals surface area (Å²) in [5.41, 5.74) is 5.24. The average Bonchev–Trinajstić information content (AvgIpc) is 3.23. The molecule has 1 amide bonds.